The molecule has 1 aromatic rings. The highest BCUT2D eigenvalue weighted by atomic mass is 32.1. The molecule has 1 nitrogen and oxygen atoms in total. The summed E-state index contributed by atoms with van der Waals surface area (Å²) in [6.07, 6.45) is 2.65. The predicted octanol–water partition coefficient (Wildman–Crippen LogP) is 2.31. The Morgan fingerprint density at radius 1 is 1.67 bits per heavy atom. The van der Waals surface area contributed by atoms with Crippen LogP contribution in [0, 0.1) is 6.92 Å². The fraction of sp³-hybridized carbons (Fsp3) is 0.600. The summed E-state index contributed by atoms with van der Waals surface area (Å²) in [5.74, 6) is 0.795. The molecule has 0 aromatic carbocycles. The normalized spacial score (nSPS) is 21.3. The summed E-state index contributed by atoms with van der Waals surface area (Å²) >= 11 is 1.98. The van der Waals surface area contributed by atoms with Crippen molar-refractivity contribution in [2.45, 2.75) is 25.7 Å². The van der Waals surface area contributed by atoms with Crippen molar-refractivity contribution < 1.29 is 0 Å². The molecule has 1 N–H and O–H groups in total. The third-order valence-electron chi connectivity index (χ3n) is 2.55. The first-order valence-electron chi connectivity index (χ1n) is 4.55. The third kappa shape index (κ3) is 1.29. The Kier molecular flexibility index (Phi) is 2.20. The molecule has 2 heteroatoms. The van der Waals surface area contributed by atoms with Crippen molar-refractivity contribution in [1.29, 1.82) is 0 Å². The number of nitrogens with one attached hydrogen (secondary N) is 1. The van der Waals surface area contributed by atoms with Gasteiger partial charge in [0.25, 0.3) is 0 Å². The van der Waals surface area contributed by atoms with Crippen LogP contribution in [0.15, 0.2) is 6.07 Å². The number of thiophene rings is 1. The van der Waals surface area contributed by atoms with Gasteiger partial charge in [-0.15, -0.1) is 11.3 Å². The second-order valence-corrected chi connectivity index (χ2v) is 4.83. The number of hydrogen-bond acceptors (Lipinski definition) is 2. The zero-order chi connectivity index (χ0) is 8.55. The summed E-state index contributed by atoms with van der Waals surface area (Å²) in [6, 6.07) is 2.36. The van der Waals surface area contributed by atoms with Crippen LogP contribution in [-0.4, -0.2) is 13.6 Å². The van der Waals surface area contributed by atoms with Crippen molar-refractivity contribution in [3.05, 3.63) is 21.4 Å². The van der Waals surface area contributed by atoms with Gasteiger partial charge in [0.2, 0.25) is 0 Å². The molecular weight excluding hydrogens is 166 g/mol. The van der Waals surface area contributed by atoms with E-state index in [9.17, 15) is 0 Å². The van der Waals surface area contributed by atoms with Gasteiger partial charge in [0.05, 0.1) is 0 Å². The summed E-state index contributed by atoms with van der Waals surface area (Å²) in [5.41, 5.74) is 1.61. The molecule has 1 aliphatic carbocycles. The lowest BCUT2D eigenvalue weighted by Crippen LogP contribution is -2.14. The largest absolute Gasteiger partial charge is 0.319 e. The molecule has 1 heterocycles. The first-order chi connectivity index (χ1) is 5.81. The van der Waals surface area contributed by atoms with Crippen molar-refractivity contribution in [1.82, 2.24) is 5.32 Å². The minimum atomic E-state index is 0.795. The van der Waals surface area contributed by atoms with Gasteiger partial charge >= 0.3 is 0 Å². The van der Waals surface area contributed by atoms with E-state index in [1.165, 1.54) is 17.7 Å². The summed E-state index contributed by atoms with van der Waals surface area (Å²) in [7, 11) is 2.04. The van der Waals surface area contributed by atoms with Crippen LogP contribution in [0.1, 0.15) is 27.7 Å². The summed E-state index contributed by atoms with van der Waals surface area (Å²) in [6.45, 7) is 3.35. The second-order valence-electron chi connectivity index (χ2n) is 3.54. The van der Waals surface area contributed by atoms with Crippen molar-refractivity contribution in [3.63, 3.8) is 0 Å². The molecule has 2 rings (SSSR count). The van der Waals surface area contributed by atoms with Gasteiger partial charge in [-0.25, -0.2) is 0 Å². The van der Waals surface area contributed by atoms with Crippen molar-refractivity contribution >= 4 is 11.3 Å². The molecule has 0 fully saturated rings. The highest BCUT2D eigenvalue weighted by molar-refractivity contribution is 7.12. The van der Waals surface area contributed by atoms with E-state index >= 15 is 0 Å². The van der Waals surface area contributed by atoms with Crippen LogP contribution < -0.4 is 5.32 Å². The van der Waals surface area contributed by atoms with E-state index in [4.69, 9.17) is 0 Å². The van der Waals surface area contributed by atoms with Crippen LogP contribution in [0.5, 0.6) is 0 Å². The van der Waals surface area contributed by atoms with Crippen molar-refractivity contribution in [3.8, 4) is 0 Å². The molecule has 1 aromatic heterocycles. The average Bonchev–Trinajstić information content (AvgIpc) is 2.52. The van der Waals surface area contributed by atoms with E-state index in [0.717, 1.165) is 12.5 Å². The van der Waals surface area contributed by atoms with Crippen LogP contribution >= 0.6 is 11.3 Å². The third-order valence-corrected chi connectivity index (χ3v) is 3.80. The fourth-order valence-electron chi connectivity index (χ4n) is 2.03. The quantitative estimate of drug-likeness (QED) is 0.738. The van der Waals surface area contributed by atoms with E-state index in [-0.39, 0.29) is 0 Å². The van der Waals surface area contributed by atoms with Gasteiger partial charge in [0.1, 0.15) is 0 Å². The first kappa shape index (κ1) is 8.27. The second kappa shape index (κ2) is 3.19. The highest BCUT2D eigenvalue weighted by Crippen LogP contribution is 2.38. The monoisotopic (exact) mass is 181 g/mol. The molecule has 0 saturated carbocycles. The zero-order valence-electron chi connectivity index (χ0n) is 7.68. The number of aryl methyl sites for hydroxylation is 2. The minimum Gasteiger partial charge on any atom is -0.319 e. The number of hydrogen-bond donors (Lipinski definition) is 1. The molecule has 66 valence electrons. The van der Waals surface area contributed by atoms with Crippen LogP contribution in [0.2, 0.25) is 0 Å². The van der Waals surface area contributed by atoms with E-state index in [1.54, 1.807) is 10.4 Å². The fourth-order valence-corrected chi connectivity index (χ4v) is 3.24. The lowest BCUT2D eigenvalue weighted by atomic mass is 10.1. The topological polar surface area (TPSA) is 12.0 Å². The van der Waals surface area contributed by atoms with Crippen LogP contribution in [-0.2, 0) is 6.42 Å². The molecule has 1 atom stereocenters. The average molecular weight is 181 g/mol. The maximum Gasteiger partial charge on any atom is 0.0124 e. The van der Waals surface area contributed by atoms with Crippen LogP contribution in [0.4, 0.5) is 0 Å². The zero-order valence-corrected chi connectivity index (χ0v) is 8.50. The van der Waals surface area contributed by atoms with Gasteiger partial charge in [-0.3, -0.25) is 0 Å². The molecule has 0 radical (unpaired) electrons. The van der Waals surface area contributed by atoms with E-state index in [1.807, 2.05) is 18.4 Å². The summed E-state index contributed by atoms with van der Waals surface area (Å²) in [4.78, 5) is 3.11. The molecule has 1 aliphatic rings. The summed E-state index contributed by atoms with van der Waals surface area (Å²) in [5, 5.41) is 3.27. The number of rotatable bonds is 2. The smallest absolute Gasteiger partial charge is 0.0124 e. The Hall–Kier alpha value is -0.340. The van der Waals surface area contributed by atoms with Crippen LogP contribution in [0.3, 0.4) is 0 Å². The lowest BCUT2D eigenvalue weighted by Gasteiger charge is -2.07. The van der Waals surface area contributed by atoms with E-state index < -0.39 is 0 Å². The molecule has 0 saturated heterocycles. The minimum absolute atomic E-state index is 0.795. The Morgan fingerprint density at radius 2 is 2.50 bits per heavy atom. The Labute approximate surface area is 77.8 Å². The standard InChI is InChI=1S/C10H15NS/c1-7-5-8-3-4-9(6-11-2)10(8)12-7/h5,9,11H,3-4,6H2,1-2H3. The van der Waals surface area contributed by atoms with Gasteiger partial charge in [-0.1, -0.05) is 0 Å². The van der Waals surface area contributed by atoms with Gasteiger partial charge in [-0.2, -0.15) is 0 Å². The number of likely N-dealkylation sites (N-methyl/N-ethyl adjacent to an activating group) is 1. The van der Waals surface area contributed by atoms with Gasteiger partial charge in [0, 0.05) is 22.2 Å². The SMILES string of the molecule is CNCC1CCc2cc(C)sc21. The Bertz CT molecular complexity index is 277. The van der Waals surface area contributed by atoms with Crippen molar-refractivity contribution in [2.24, 2.45) is 0 Å². The van der Waals surface area contributed by atoms with E-state index in [0.29, 0.717) is 0 Å². The van der Waals surface area contributed by atoms with Gasteiger partial charge < -0.3 is 5.32 Å². The Balaban J connectivity index is 2.22. The molecule has 0 amide bonds. The van der Waals surface area contributed by atoms with E-state index in [2.05, 4.69) is 18.3 Å². The maximum absolute atomic E-state index is 3.27. The van der Waals surface area contributed by atoms with Gasteiger partial charge in [0.15, 0.2) is 0 Å². The molecule has 0 spiro atoms. The van der Waals surface area contributed by atoms with Gasteiger partial charge in [-0.05, 0) is 38.4 Å². The molecule has 0 bridgehead atoms. The number of fused-ring (bicyclic) bond motifs is 1. The Morgan fingerprint density at radius 3 is 3.25 bits per heavy atom. The molecule has 0 aliphatic heterocycles. The highest BCUT2D eigenvalue weighted by Gasteiger charge is 2.23. The van der Waals surface area contributed by atoms with Crippen LogP contribution in [0.25, 0.3) is 0 Å². The molecule has 12 heavy (non-hydrogen) atoms. The summed E-state index contributed by atoms with van der Waals surface area (Å²) < 4.78 is 0. The maximum atomic E-state index is 3.27. The van der Waals surface area contributed by atoms with Crippen molar-refractivity contribution in [2.75, 3.05) is 13.6 Å². The first-order valence-corrected chi connectivity index (χ1v) is 5.36. The lowest BCUT2D eigenvalue weighted by molar-refractivity contribution is 0.629. The predicted molar refractivity (Wildman–Crippen MR) is 54.0 cm³/mol. The molecule has 1 unspecified atom stereocenters. The molecular formula is C10H15NS.